The maximum atomic E-state index is 11.1. The molecule has 106 valence electrons. The summed E-state index contributed by atoms with van der Waals surface area (Å²) in [4.78, 5) is 28.5. The molecule has 0 aliphatic rings. The van der Waals surface area contributed by atoms with Crippen molar-refractivity contribution in [3.63, 3.8) is 0 Å². The zero-order chi connectivity index (χ0) is 14.5. The summed E-state index contributed by atoms with van der Waals surface area (Å²) >= 11 is 0. The van der Waals surface area contributed by atoms with E-state index in [2.05, 4.69) is 5.32 Å². The molecule has 1 rings (SSSR count). The van der Waals surface area contributed by atoms with Gasteiger partial charge < -0.3 is 20.2 Å². The molecule has 0 saturated carbocycles. The van der Waals surface area contributed by atoms with Gasteiger partial charge in [-0.3, -0.25) is 9.36 Å². The number of hydrogen-bond acceptors (Lipinski definition) is 3. The normalized spacial score (nSPS) is 13.2. The highest BCUT2D eigenvalue weighted by atomic mass is 31.2. The summed E-state index contributed by atoms with van der Waals surface area (Å²) in [6.07, 6.45) is -0.0945. The van der Waals surface area contributed by atoms with Gasteiger partial charge >= 0.3 is 13.6 Å². The predicted octanol–water partition coefficient (Wildman–Crippen LogP) is 0.758. The number of carboxylic acids is 1. The molecule has 7 heteroatoms. The Balaban J connectivity index is 2.58. The van der Waals surface area contributed by atoms with Crippen LogP contribution in [-0.2, 0) is 15.8 Å². The molecule has 0 radical (unpaired) electrons. The van der Waals surface area contributed by atoms with E-state index in [1.807, 2.05) is 31.2 Å². The number of nitrogens with one attached hydrogen (secondary N) is 1. The van der Waals surface area contributed by atoms with Crippen molar-refractivity contribution in [3.8, 4) is 0 Å². The van der Waals surface area contributed by atoms with Crippen molar-refractivity contribution in [1.82, 2.24) is 5.32 Å². The number of carboxylic acid groups (broad SMARTS) is 1. The summed E-state index contributed by atoms with van der Waals surface area (Å²) in [7, 11) is -4.10. The summed E-state index contributed by atoms with van der Waals surface area (Å²) in [5, 5.41) is 11.7. The molecule has 4 N–H and O–H groups in total. The fraction of sp³-hybridized carbons (Fsp3) is 0.417. The van der Waals surface area contributed by atoms with E-state index < -0.39 is 19.6 Å². The van der Waals surface area contributed by atoms with Crippen molar-refractivity contribution in [2.24, 2.45) is 0 Å². The summed E-state index contributed by atoms with van der Waals surface area (Å²) in [6, 6.07) is 6.63. The monoisotopic (exact) mass is 287 g/mol. The van der Waals surface area contributed by atoms with E-state index in [1.165, 1.54) is 0 Å². The van der Waals surface area contributed by atoms with Crippen LogP contribution in [0.15, 0.2) is 24.3 Å². The zero-order valence-electron chi connectivity index (χ0n) is 10.6. The Labute approximate surface area is 111 Å². The number of aliphatic carboxylic acids is 1. The van der Waals surface area contributed by atoms with E-state index in [9.17, 15) is 9.36 Å². The molecule has 1 unspecified atom stereocenters. The molecule has 1 aromatic rings. The largest absolute Gasteiger partial charge is 0.480 e. The second kappa shape index (κ2) is 6.82. The first-order chi connectivity index (χ1) is 8.78. The highest BCUT2D eigenvalue weighted by molar-refractivity contribution is 7.51. The van der Waals surface area contributed by atoms with E-state index in [0.717, 1.165) is 11.1 Å². The van der Waals surface area contributed by atoms with Crippen molar-refractivity contribution in [2.45, 2.75) is 19.4 Å². The molecular formula is C12H18NO5P. The maximum Gasteiger partial charge on any atom is 0.326 e. The minimum absolute atomic E-state index is 0.0347. The molecule has 0 spiro atoms. The summed E-state index contributed by atoms with van der Waals surface area (Å²) in [5.74, 6) is -1.03. The molecule has 0 fully saturated rings. The highest BCUT2D eigenvalue weighted by Crippen LogP contribution is 2.32. The Bertz CT molecular complexity index is 485. The van der Waals surface area contributed by atoms with Crippen LogP contribution in [-0.4, -0.2) is 39.6 Å². The molecule has 0 amide bonds. The SMILES string of the molecule is Cc1cccc(CC(NCCP(=O)(O)O)C(=O)O)c1. The zero-order valence-corrected chi connectivity index (χ0v) is 11.5. The van der Waals surface area contributed by atoms with Crippen molar-refractivity contribution in [3.05, 3.63) is 35.4 Å². The highest BCUT2D eigenvalue weighted by Gasteiger charge is 2.19. The molecule has 0 bridgehead atoms. The fourth-order valence-corrected chi connectivity index (χ4v) is 2.13. The van der Waals surface area contributed by atoms with Gasteiger partial charge in [-0.05, 0) is 18.9 Å². The minimum atomic E-state index is -4.10. The van der Waals surface area contributed by atoms with E-state index >= 15 is 0 Å². The first-order valence-electron chi connectivity index (χ1n) is 5.84. The van der Waals surface area contributed by atoms with Gasteiger partial charge in [-0.2, -0.15) is 0 Å². The third-order valence-corrected chi connectivity index (χ3v) is 3.42. The third kappa shape index (κ3) is 6.50. The lowest BCUT2D eigenvalue weighted by Gasteiger charge is -2.15. The number of carbonyl (C=O) groups is 1. The van der Waals surface area contributed by atoms with Crippen LogP contribution in [0.5, 0.6) is 0 Å². The topological polar surface area (TPSA) is 107 Å². The smallest absolute Gasteiger partial charge is 0.326 e. The number of rotatable bonds is 7. The molecule has 0 saturated heterocycles. The summed E-state index contributed by atoms with van der Waals surface area (Å²) in [6.45, 7) is 1.88. The van der Waals surface area contributed by atoms with E-state index in [1.54, 1.807) is 0 Å². The fourth-order valence-electron chi connectivity index (χ4n) is 1.71. The van der Waals surface area contributed by atoms with Crippen molar-refractivity contribution in [1.29, 1.82) is 0 Å². The van der Waals surface area contributed by atoms with Crippen molar-refractivity contribution >= 4 is 13.6 Å². The van der Waals surface area contributed by atoms with Crippen LogP contribution in [0.4, 0.5) is 0 Å². The van der Waals surface area contributed by atoms with Gasteiger partial charge in [0, 0.05) is 6.54 Å². The quantitative estimate of drug-likeness (QED) is 0.552. The van der Waals surface area contributed by atoms with Gasteiger partial charge in [-0.1, -0.05) is 29.8 Å². The molecule has 1 atom stereocenters. The van der Waals surface area contributed by atoms with Crippen molar-refractivity contribution in [2.75, 3.05) is 12.7 Å². The van der Waals surface area contributed by atoms with Gasteiger partial charge in [-0.15, -0.1) is 0 Å². The van der Waals surface area contributed by atoms with Crippen LogP contribution in [0.25, 0.3) is 0 Å². The summed E-state index contributed by atoms with van der Waals surface area (Å²) < 4.78 is 10.7. The minimum Gasteiger partial charge on any atom is -0.480 e. The van der Waals surface area contributed by atoms with E-state index in [0.29, 0.717) is 0 Å². The second-order valence-electron chi connectivity index (χ2n) is 4.43. The lowest BCUT2D eigenvalue weighted by atomic mass is 10.0. The third-order valence-electron chi connectivity index (χ3n) is 2.61. The van der Waals surface area contributed by atoms with Gasteiger partial charge in [0.1, 0.15) is 6.04 Å². The van der Waals surface area contributed by atoms with Crippen LogP contribution in [0.1, 0.15) is 11.1 Å². The number of aryl methyl sites for hydroxylation is 1. The van der Waals surface area contributed by atoms with E-state index in [-0.39, 0.29) is 19.1 Å². The molecule has 0 aliphatic heterocycles. The Morgan fingerprint density at radius 1 is 1.42 bits per heavy atom. The molecule has 0 aromatic heterocycles. The Morgan fingerprint density at radius 3 is 2.63 bits per heavy atom. The number of hydrogen-bond donors (Lipinski definition) is 4. The van der Waals surface area contributed by atoms with Gasteiger partial charge in [0.05, 0.1) is 6.16 Å². The van der Waals surface area contributed by atoms with Crippen LogP contribution in [0.2, 0.25) is 0 Å². The predicted molar refractivity (Wildman–Crippen MR) is 71.2 cm³/mol. The average molecular weight is 287 g/mol. The Morgan fingerprint density at radius 2 is 2.11 bits per heavy atom. The molecular weight excluding hydrogens is 269 g/mol. The standard InChI is InChI=1S/C12H18NO5P/c1-9-3-2-4-10(7-9)8-11(12(14)15)13-5-6-19(16,17)18/h2-4,7,11,13H,5-6,8H2,1H3,(H,14,15)(H2,16,17,18). The van der Waals surface area contributed by atoms with Gasteiger partial charge in [0.15, 0.2) is 0 Å². The molecule has 0 heterocycles. The summed E-state index contributed by atoms with van der Waals surface area (Å²) in [5.41, 5.74) is 1.91. The Kier molecular flexibility index (Phi) is 5.69. The Hall–Kier alpha value is -1.20. The van der Waals surface area contributed by atoms with Crippen LogP contribution >= 0.6 is 7.60 Å². The van der Waals surface area contributed by atoms with Gasteiger partial charge in [-0.25, -0.2) is 0 Å². The van der Waals surface area contributed by atoms with Gasteiger partial charge in [0.25, 0.3) is 0 Å². The molecule has 19 heavy (non-hydrogen) atoms. The first-order valence-corrected chi connectivity index (χ1v) is 7.64. The number of benzene rings is 1. The molecule has 1 aromatic carbocycles. The lowest BCUT2D eigenvalue weighted by molar-refractivity contribution is -0.139. The van der Waals surface area contributed by atoms with Gasteiger partial charge in [0.2, 0.25) is 0 Å². The lowest BCUT2D eigenvalue weighted by Crippen LogP contribution is -2.40. The second-order valence-corrected chi connectivity index (χ2v) is 6.20. The maximum absolute atomic E-state index is 11.1. The molecule has 6 nitrogen and oxygen atoms in total. The average Bonchev–Trinajstić information content (AvgIpc) is 2.26. The molecule has 0 aliphatic carbocycles. The first kappa shape index (κ1) is 15.9. The van der Waals surface area contributed by atoms with E-state index in [4.69, 9.17) is 14.9 Å². The van der Waals surface area contributed by atoms with Crippen molar-refractivity contribution < 1.29 is 24.3 Å². The van der Waals surface area contributed by atoms with Crippen LogP contribution in [0, 0.1) is 6.92 Å². The van der Waals surface area contributed by atoms with Crippen LogP contribution < -0.4 is 5.32 Å². The van der Waals surface area contributed by atoms with Crippen LogP contribution in [0.3, 0.4) is 0 Å².